The van der Waals surface area contributed by atoms with Gasteiger partial charge in [-0.15, -0.1) is 0 Å². The number of imide groups is 1. The van der Waals surface area contributed by atoms with Gasteiger partial charge < -0.3 is 9.26 Å². The topological polar surface area (TPSA) is 98.5 Å². The summed E-state index contributed by atoms with van der Waals surface area (Å²) in [7, 11) is 0. The van der Waals surface area contributed by atoms with Crippen LogP contribution in [-0.4, -0.2) is 29.5 Å². The highest BCUT2D eigenvalue weighted by atomic mass is 16.5. The van der Waals surface area contributed by atoms with Crippen molar-refractivity contribution in [2.45, 2.75) is 26.7 Å². The Balaban J connectivity index is 1.94. The molecule has 1 heterocycles. The smallest absolute Gasteiger partial charge is 0.344 e. The maximum atomic E-state index is 12.1. The van der Waals surface area contributed by atoms with Gasteiger partial charge in [0.1, 0.15) is 5.56 Å². The molecule has 2 rings (SSSR count). The third-order valence-corrected chi connectivity index (χ3v) is 3.24. The Morgan fingerprint density at radius 2 is 1.88 bits per heavy atom. The number of benzene rings is 1. The van der Waals surface area contributed by atoms with Crippen LogP contribution in [0, 0.1) is 6.92 Å². The number of amides is 2. The van der Waals surface area contributed by atoms with E-state index in [9.17, 15) is 14.4 Å². The summed E-state index contributed by atoms with van der Waals surface area (Å²) < 4.78 is 10.1. The molecule has 0 aliphatic carbocycles. The highest BCUT2D eigenvalue weighted by Gasteiger charge is 2.24. The fourth-order valence-electron chi connectivity index (χ4n) is 2.06. The first-order chi connectivity index (χ1) is 11.4. The Bertz CT molecular complexity index is 750. The van der Waals surface area contributed by atoms with Crippen LogP contribution in [0.2, 0.25) is 0 Å². The molecule has 24 heavy (non-hydrogen) atoms. The van der Waals surface area contributed by atoms with Gasteiger partial charge in [0.2, 0.25) is 0 Å². The number of ether oxygens (including phenoxy) is 1. The molecule has 0 unspecified atom stereocenters. The van der Waals surface area contributed by atoms with E-state index in [4.69, 9.17) is 9.26 Å². The molecule has 0 spiro atoms. The second kappa shape index (κ2) is 7.54. The Labute approximate surface area is 139 Å². The predicted molar refractivity (Wildman–Crippen MR) is 84.5 cm³/mol. The lowest BCUT2D eigenvalue weighted by molar-refractivity contribution is -0.123. The van der Waals surface area contributed by atoms with E-state index in [1.165, 1.54) is 0 Å². The summed E-state index contributed by atoms with van der Waals surface area (Å²) in [5, 5.41) is 5.90. The molecule has 0 saturated heterocycles. The molecule has 1 aromatic carbocycles. The number of carbonyl (C=O) groups excluding carboxylic acids is 3. The minimum Gasteiger partial charge on any atom is -0.452 e. The van der Waals surface area contributed by atoms with E-state index in [0.29, 0.717) is 17.0 Å². The molecule has 126 valence electrons. The van der Waals surface area contributed by atoms with E-state index in [1.54, 1.807) is 37.3 Å². The first-order valence-electron chi connectivity index (χ1n) is 7.42. The van der Waals surface area contributed by atoms with Crippen molar-refractivity contribution < 1.29 is 23.6 Å². The van der Waals surface area contributed by atoms with Gasteiger partial charge in [0.05, 0.1) is 5.69 Å². The van der Waals surface area contributed by atoms with Crippen LogP contribution in [0.4, 0.5) is 0 Å². The third kappa shape index (κ3) is 4.07. The van der Waals surface area contributed by atoms with Crippen LogP contribution < -0.4 is 5.32 Å². The van der Waals surface area contributed by atoms with Crippen LogP contribution in [0.1, 0.15) is 51.9 Å². The Hall–Kier alpha value is -2.96. The van der Waals surface area contributed by atoms with Gasteiger partial charge in [-0.3, -0.25) is 14.9 Å². The standard InChI is InChI=1S/C17H18N2O5/c1-10(2)15-14(11(3)19-24-15)17(22)23-9-13(20)18-16(21)12-7-5-4-6-8-12/h4-8,10H,9H2,1-3H3,(H,18,20,21). The molecule has 2 aromatic rings. The second-order valence-corrected chi connectivity index (χ2v) is 5.48. The van der Waals surface area contributed by atoms with Crippen molar-refractivity contribution in [1.82, 2.24) is 10.5 Å². The Morgan fingerprint density at radius 1 is 1.21 bits per heavy atom. The lowest BCUT2D eigenvalue weighted by atomic mass is 10.1. The first kappa shape index (κ1) is 17.4. The van der Waals surface area contributed by atoms with Gasteiger partial charge >= 0.3 is 5.97 Å². The van der Waals surface area contributed by atoms with Crippen LogP contribution in [0.5, 0.6) is 0 Å². The first-order valence-corrected chi connectivity index (χ1v) is 7.42. The van der Waals surface area contributed by atoms with E-state index in [0.717, 1.165) is 0 Å². The van der Waals surface area contributed by atoms with E-state index >= 15 is 0 Å². The predicted octanol–water partition coefficient (Wildman–Crippen LogP) is 2.22. The summed E-state index contributed by atoms with van der Waals surface area (Å²) in [4.78, 5) is 35.7. The van der Waals surface area contributed by atoms with Gasteiger partial charge in [0.15, 0.2) is 12.4 Å². The minimum atomic E-state index is -0.711. The summed E-state index contributed by atoms with van der Waals surface area (Å²) in [6.45, 7) is 4.74. The number of hydrogen-bond acceptors (Lipinski definition) is 6. The Kier molecular flexibility index (Phi) is 5.47. The molecule has 0 atom stereocenters. The molecule has 7 nitrogen and oxygen atoms in total. The largest absolute Gasteiger partial charge is 0.452 e. The van der Waals surface area contributed by atoms with Crippen molar-refractivity contribution in [2.24, 2.45) is 0 Å². The monoisotopic (exact) mass is 330 g/mol. The zero-order valence-electron chi connectivity index (χ0n) is 13.7. The van der Waals surface area contributed by atoms with E-state index in [-0.39, 0.29) is 11.5 Å². The summed E-state index contributed by atoms with van der Waals surface area (Å²) in [6, 6.07) is 8.27. The molecule has 2 amide bonds. The van der Waals surface area contributed by atoms with E-state index in [1.807, 2.05) is 13.8 Å². The van der Waals surface area contributed by atoms with Crippen molar-refractivity contribution in [3.05, 3.63) is 52.9 Å². The minimum absolute atomic E-state index is 0.0535. The van der Waals surface area contributed by atoms with E-state index < -0.39 is 24.4 Å². The number of nitrogens with zero attached hydrogens (tertiary/aromatic N) is 1. The summed E-state index contributed by atoms with van der Waals surface area (Å²) in [6.07, 6.45) is 0. The highest BCUT2D eigenvalue weighted by molar-refractivity contribution is 6.05. The fraction of sp³-hybridized carbons (Fsp3) is 0.294. The van der Waals surface area contributed by atoms with Crippen molar-refractivity contribution in [3.63, 3.8) is 0 Å². The molecular weight excluding hydrogens is 312 g/mol. The molecule has 1 N–H and O–H groups in total. The Morgan fingerprint density at radius 3 is 2.50 bits per heavy atom. The molecule has 7 heteroatoms. The van der Waals surface area contributed by atoms with Crippen LogP contribution in [-0.2, 0) is 9.53 Å². The number of aromatic nitrogens is 1. The van der Waals surface area contributed by atoms with Crippen LogP contribution in [0.25, 0.3) is 0 Å². The molecule has 1 aromatic heterocycles. The van der Waals surface area contributed by atoms with Crippen LogP contribution in [0.15, 0.2) is 34.9 Å². The van der Waals surface area contributed by atoms with Gasteiger partial charge in [-0.1, -0.05) is 37.2 Å². The van der Waals surface area contributed by atoms with Gasteiger partial charge in [0.25, 0.3) is 11.8 Å². The van der Waals surface area contributed by atoms with Crippen molar-refractivity contribution in [3.8, 4) is 0 Å². The normalized spacial score (nSPS) is 10.5. The SMILES string of the molecule is Cc1noc(C(C)C)c1C(=O)OCC(=O)NC(=O)c1ccccc1. The zero-order chi connectivity index (χ0) is 17.7. The van der Waals surface area contributed by atoms with Crippen LogP contribution in [0.3, 0.4) is 0 Å². The molecule has 0 saturated carbocycles. The van der Waals surface area contributed by atoms with E-state index in [2.05, 4.69) is 10.5 Å². The third-order valence-electron chi connectivity index (χ3n) is 3.24. The van der Waals surface area contributed by atoms with Gasteiger partial charge in [-0.2, -0.15) is 0 Å². The lowest BCUT2D eigenvalue weighted by Crippen LogP contribution is -2.34. The maximum absolute atomic E-state index is 12.1. The maximum Gasteiger partial charge on any atom is 0.344 e. The second-order valence-electron chi connectivity index (χ2n) is 5.48. The number of hydrogen-bond donors (Lipinski definition) is 1. The summed E-state index contributed by atoms with van der Waals surface area (Å²) in [5.74, 6) is -1.63. The average Bonchev–Trinajstić information content (AvgIpc) is 2.95. The number of carbonyl (C=O) groups is 3. The average molecular weight is 330 g/mol. The van der Waals surface area contributed by atoms with Crippen molar-refractivity contribution in [1.29, 1.82) is 0 Å². The van der Waals surface area contributed by atoms with Gasteiger partial charge in [-0.25, -0.2) is 4.79 Å². The van der Waals surface area contributed by atoms with Crippen molar-refractivity contribution in [2.75, 3.05) is 6.61 Å². The fourth-order valence-corrected chi connectivity index (χ4v) is 2.06. The van der Waals surface area contributed by atoms with Crippen molar-refractivity contribution >= 4 is 17.8 Å². The quantitative estimate of drug-likeness (QED) is 0.844. The number of aryl methyl sites for hydroxylation is 1. The molecular formula is C17H18N2O5. The van der Waals surface area contributed by atoms with Crippen LogP contribution >= 0.6 is 0 Å². The zero-order valence-corrected chi connectivity index (χ0v) is 13.7. The number of esters is 1. The van der Waals surface area contributed by atoms with Gasteiger partial charge in [-0.05, 0) is 19.1 Å². The summed E-state index contributed by atoms with van der Waals surface area (Å²) in [5.41, 5.74) is 0.950. The molecule has 0 fully saturated rings. The number of nitrogens with one attached hydrogen (secondary N) is 1. The van der Waals surface area contributed by atoms with Gasteiger partial charge in [0, 0.05) is 11.5 Å². The number of rotatable bonds is 5. The molecule has 0 aliphatic rings. The molecule has 0 bridgehead atoms. The molecule has 0 radical (unpaired) electrons. The lowest BCUT2D eigenvalue weighted by Gasteiger charge is -2.07. The highest BCUT2D eigenvalue weighted by Crippen LogP contribution is 2.22. The summed E-state index contributed by atoms with van der Waals surface area (Å²) >= 11 is 0. The molecule has 0 aliphatic heterocycles.